The Balaban J connectivity index is 1.80. The average molecular weight is 312 g/mol. The van der Waals surface area contributed by atoms with E-state index in [1.54, 1.807) is 12.5 Å². The van der Waals surface area contributed by atoms with Crippen molar-refractivity contribution < 1.29 is 9.21 Å². The minimum absolute atomic E-state index is 0.0723. The van der Waals surface area contributed by atoms with Crippen LogP contribution in [0.15, 0.2) is 58.7 Å². The fourth-order valence-corrected chi connectivity index (χ4v) is 2.86. The number of hydrogen-bond acceptors (Lipinski definition) is 4. The molecule has 0 aliphatic heterocycles. The van der Waals surface area contributed by atoms with Crippen molar-refractivity contribution in [3.63, 3.8) is 0 Å². The molecule has 0 saturated heterocycles. The molecule has 112 valence electrons. The van der Waals surface area contributed by atoms with Crippen molar-refractivity contribution in [2.45, 2.75) is 19.3 Å². The first-order chi connectivity index (χ1) is 10.7. The summed E-state index contributed by atoms with van der Waals surface area (Å²) in [6.07, 6.45) is 3.62. The number of rotatable bonds is 5. The van der Waals surface area contributed by atoms with E-state index in [1.165, 1.54) is 16.9 Å². The Morgan fingerprint density at radius 2 is 2.14 bits per heavy atom. The molecule has 0 aliphatic carbocycles. The lowest BCUT2D eigenvalue weighted by Crippen LogP contribution is -2.16. The number of hydrogen-bond donors (Lipinski definition) is 1. The van der Waals surface area contributed by atoms with Gasteiger partial charge in [0.05, 0.1) is 12.2 Å². The molecule has 1 amide bonds. The van der Waals surface area contributed by atoms with Crippen LogP contribution < -0.4 is 5.32 Å². The number of amides is 1. The minimum Gasteiger partial charge on any atom is -0.469 e. The molecule has 3 aromatic rings. The molecular weight excluding hydrogens is 296 g/mol. The van der Waals surface area contributed by atoms with Gasteiger partial charge < -0.3 is 9.73 Å². The van der Waals surface area contributed by atoms with Crippen LogP contribution in [0.5, 0.6) is 0 Å². The zero-order chi connectivity index (χ0) is 15.4. The molecular formula is C17H16N2O2S. The van der Waals surface area contributed by atoms with E-state index in [-0.39, 0.29) is 11.8 Å². The van der Waals surface area contributed by atoms with Crippen LogP contribution in [0.4, 0.5) is 5.13 Å². The highest BCUT2D eigenvalue weighted by atomic mass is 32.1. The molecule has 1 aromatic carbocycles. The molecule has 1 N–H and O–H groups in total. The molecule has 2 aromatic heterocycles. The lowest BCUT2D eigenvalue weighted by atomic mass is 9.92. The van der Waals surface area contributed by atoms with Gasteiger partial charge in [-0.15, -0.1) is 11.3 Å². The third-order valence-corrected chi connectivity index (χ3v) is 4.12. The summed E-state index contributed by atoms with van der Waals surface area (Å²) in [5, 5.41) is 5.27. The summed E-state index contributed by atoms with van der Waals surface area (Å²) >= 11 is 1.41. The normalized spacial score (nSPS) is 12.0. The highest BCUT2D eigenvalue weighted by molar-refractivity contribution is 7.13. The van der Waals surface area contributed by atoms with Gasteiger partial charge in [0, 0.05) is 18.0 Å². The Kier molecular flexibility index (Phi) is 4.34. The third-order valence-electron chi connectivity index (χ3n) is 3.43. The van der Waals surface area contributed by atoms with Crippen LogP contribution in [0, 0.1) is 6.92 Å². The van der Waals surface area contributed by atoms with E-state index < -0.39 is 0 Å². The number of benzene rings is 1. The number of thiazole rings is 1. The zero-order valence-corrected chi connectivity index (χ0v) is 13.0. The Hall–Kier alpha value is -2.40. The standard InChI is InChI=1S/C17H16N2O2S/c1-12-4-6-13(7-5-12)14(15-3-2-9-21-15)11-16(20)19-17-18-8-10-22-17/h2-10,14H,11H2,1H3,(H,18,19,20)/t14-/m1/s1. The number of aryl methyl sites for hydroxylation is 1. The number of carbonyl (C=O) groups excluding carboxylic acids is 1. The summed E-state index contributed by atoms with van der Waals surface area (Å²) in [5.74, 6) is 0.616. The monoisotopic (exact) mass is 312 g/mol. The second-order valence-corrected chi connectivity index (χ2v) is 5.96. The van der Waals surface area contributed by atoms with E-state index in [4.69, 9.17) is 4.42 Å². The van der Waals surface area contributed by atoms with E-state index in [2.05, 4.69) is 10.3 Å². The molecule has 2 heterocycles. The van der Waals surface area contributed by atoms with E-state index in [0.717, 1.165) is 11.3 Å². The zero-order valence-electron chi connectivity index (χ0n) is 12.2. The van der Waals surface area contributed by atoms with Crippen LogP contribution in [0.25, 0.3) is 0 Å². The van der Waals surface area contributed by atoms with Crippen LogP contribution in [0.1, 0.15) is 29.2 Å². The number of carbonyl (C=O) groups is 1. The van der Waals surface area contributed by atoms with Gasteiger partial charge in [-0.25, -0.2) is 4.98 Å². The van der Waals surface area contributed by atoms with Gasteiger partial charge in [0.2, 0.25) is 5.91 Å². The maximum Gasteiger partial charge on any atom is 0.227 e. The van der Waals surface area contributed by atoms with Crippen molar-refractivity contribution in [1.29, 1.82) is 0 Å². The van der Waals surface area contributed by atoms with Gasteiger partial charge >= 0.3 is 0 Å². The molecule has 5 heteroatoms. The number of nitrogens with zero attached hydrogens (tertiary/aromatic N) is 1. The van der Waals surface area contributed by atoms with Gasteiger partial charge in [-0.1, -0.05) is 29.8 Å². The van der Waals surface area contributed by atoms with Crippen molar-refractivity contribution in [1.82, 2.24) is 4.98 Å². The predicted molar refractivity (Wildman–Crippen MR) is 87.1 cm³/mol. The number of nitrogens with one attached hydrogen (secondary N) is 1. The summed E-state index contributed by atoms with van der Waals surface area (Å²) in [5.41, 5.74) is 2.25. The summed E-state index contributed by atoms with van der Waals surface area (Å²) in [6.45, 7) is 2.04. The van der Waals surface area contributed by atoms with Gasteiger partial charge in [0.1, 0.15) is 5.76 Å². The maximum atomic E-state index is 12.3. The van der Waals surface area contributed by atoms with Crippen LogP contribution in [-0.4, -0.2) is 10.9 Å². The second kappa shape index (κ2) is 6.58. The largest absolute Gasteiger partial charge is 0.469 e. The van der Waals surface area contributed by atoms with Gasteiger partial charge in [-0.3, -0.25) is 4.79 Å². The van der Waals surface area contributed by atoms with Gasteiger partial charge in [-0.2, -0.15) is 0 Å². The molecule has 3 rings (SSSR count). The maximum absolute atomic E-state index is 12.3. The fourth-order valence-electron chi connectivity index (χ4n) is 2.31. The Labute approximate surface area is 132 Å². The minimum atomic E-state index is -0.101. The molecule has 1 atom stereocenters. The van der Waals surface area contributed by atoms with Crippen molar-refractivity contribution in [2.24, 2.45) is 0 Å². The lowest BCUT2D eigenvalue weighted by Gasteiger charge is -2.15. The predicted octanol–water partition coefficient (Wildman–Crippen LogP) is 4.21. The van der Waals surface area contributed by atoms with Crippen LogP contribution in [-0.2, 0) is 4.79 Å². The van der Waals surface area contributed by atoms with Crippen LogP contribution in [0.2, 0.25) is 0 Å². The number of anilines is 1. The summed E-state index contributed by atoms with van der Waals surface area (Å²) < 4.78 is 5.52. The highest BCUT2D eigenvalue weighted by Gasteiger charge is 2.21. The molecule has 0 saturated carbocycles. The fraction of sp³-hybridized carbons (Fsp3) is 0.176. The summed E-state index contributed by atoms with van der Waals surface area (Å²) in [6, 6.07) is 11.9. The first kappa shape index (κ1) is 14.5. The third kappa shape index (κ3) is 3.43. The van der Waals surface area contributed by atoms with E-state index >= 15 is 0 Å². The van der Waals surface area contributed by atoms with Crippen LogP contribution in [0.3, 0.4) is 0 Å². The highest BCUT2D eigenvalue weighted by Crippen LogP contribution is 2.29. The Morgan fingerprint density at radius 1 is 1.32 bits per heavy atom. The number of aromatic nitrogens is 1. The molecule has 0 radical (unpaired) electrons. The van der Waals surface area contributed by atoms with E-state index in [9.17, 15) is 4.79 Å². The van der Waals surface area contributed by atoms with Crippen molar-refractivity contribution in [3.8, 4) is 0 Å². The first-order valence-corrected chi connectivity index (χ1v) is 7.89. The first-order valence-electron chi connectivity index (χ1n) is 7.01. The molecule has 0 aliphatic rings. The SMILES string of the molecule is Cc1ccc([C@@H](CC(=O)Nc2nccs2)c2ccco2)cc1. The molecule has 0 bridgehead atoms. The molecule has 22 heavy (non-hydrogen) atoms. The Morgan fingerprint density at radius 3 is 2.77 bits per heavy atom. The Bertz CT molecular complexity index is 719. The smallest absolute Gasteiger partial charge is 0.227 e. The average Bonchev–Trinajstić information content (AvgIpc) is 3.19. The van der Waals surface area contributed by atoms with E-state index in [0.29, 0.717) is 11.6 Å². The van der Waals surface area contributed by atoms with Crippen molar-refractivity contribution in [2.75, 3.05) is 5.32 Å². The quantitative estimate of drug-likeness (QED) is 0.768. The molecule has 0 fully saturated rings. The van der Waals surface area contributed by atoms with Crippen molar-refractivity contribution in [3.05, 3.63) is 71.1 Å². The van der Waals surface area contributed by atoms with Gasteiger partial charge in [0.25, 0.3) is 0 Å². The van der Waals surface area contributed by atoms with Gasteiger partial charge in [0.15, 0.2) is 5.13 Å². The molecule has 4 nitrogen and oxygen atoms in total. The molecule has 0 spiro atoms. The lowest BCUT2D eigenvalue weighted by molar-refractivity contribution is -0.116. The van der Waals surface area contributed by atoms with Crippen molar-refractivity contribution >= 4 is 22.4 Å². The second-order valence-electron chi connectivity index (χ2n) is 5.07. The van der Waals surface area contributed by atoms with Gasteiger partial charge in [-0.05, 0) is 24.6 Å². The summed E-state index contributed by atoms with van der Waals surface area (Å²) in [7, 11) is 0. The number of furan rings is 1. The summed E-state index contributed by atoms with van der Waals surface area (Å²) in [4.78, 5) is 16.3. The van der Waals surface area contributed by atoms with Crippen LogP contribution >= 0.6 is 11.3 Å². The van der Waals surface area contributed by atoms with E-state index in [1.807, 2.05) is 48.7 Å². The molecule has 0 unspecified atom stereocenters. The topological polar surface area (TPSA) is 55.1 Å².